The van der Waals surface area contributed by atoms with Crippen molar-refractivity contribution < 1.29 is 9.13 Å². The second-order valence-electron chi connectivity index (χ2n) is 4.16. The number of halogens is 2. The molecule has 0 saturated carbocycles. The number of hydrogen-bond donors (Lipinski definition) is 0. The van der Waals surface area contributed by atoms with Crippen LogP contribution in [0.3, 0.4) is 0 Å². The van der Waals surface area contributed by atoms with Gasteiger partial charge in [0.25, 0.3) is 0 Å². The van der Waals surface area contributed by atoms with Crippen molar-refractivity contribution in [1.82, 2.24) is 4.98 Å². The first-order valence-electron chi connectivity index (χ1n) is 5.73. The first-order valence-corrected chi connectivity index (χ1v) is 6.26. The number of anilines is 1. The van der Waals surface area contributed by atoms with Gasteiger partial charge in [0.15, 0.2) is 11.6 Å². The fourth-order valence-electron chi connectivity index (χ4n) is 2.10. The third kappa shape index (κ3) is 2.69. The van der Waals surface area contributed by atoms with Gasteiger partial charge in [-0.2, -0.15) is 0 Å². The van der Waals surface area contributed by atoms with Crippen LogP contribution in [0.2, 0.25) is 0 Å². The quantitative estimate of drug-likeness (QED) is 0.780. The Labute approximate surface area is 106 Å². The molecule has 0 atom stereocenters. The number of pyridine rings is 1. The normalized spacial score (nSPS) is 17.5. The molecule has 1 saturated heterocycles. The Morgan fingerprint density at radius 1 is 1.53 bits per heavy atom. The lowest BCUT2D eigenvalue weighted by atomic mass is 10.1. The van der Waals surface area contributed by atoms with E-state index >= 15 is 0 Å². The zero-order valence-electron chi connectivity index (χ0n) is 9.83. The number of ether oxygens (including phenoxy) is 1. The minimum Gasteiger partial charge on any atom is -0.381 e. The van der Waals surface area contributed by atoms with Gasteiger partial charge in [-0.25, -0.2) is 9.37 Å². The van der Waals surface area contributed by atoms with E-state index in [4.69, 9.17) is 16.3 Å². The number of rotatable bonds is 3. The van der Waals surface area contributed by atoms with E-state index in [2.05, 4.69) is 4.98 Å². The average molecular weight is 259 g/mol. The van der Waals surface area contributed by atoms with E-state index in [-0.39, 0.29) is 17.8 Å². The topological polar surface area (TPSA) is 25.4 Å². The van der Waals surface area contributed by atoms with Gasteiger partial charge in [-0.05, 0) is 18.9 Å². The van der Waals surface area contributed by atoms with Crippen LogP contribution in [0, 0.1) is 5.82 Å². The lowest BCUT2D eigenvalue weighted by molar-refractivity contribution is 0.0816. The van der Waals surface area contributed by atoms with Gasteiger partial charge < -0.3 is 9.64 Å². The minimum atomic E-state index is -0.293. The van der Waals surface area contributed by atoms with Crippen molar-refractivity contribution in [2.24, 2.45) is 0 Å². The van der Waals surface area contributed by atoms with Crippen molar-refractivity contribution in [3.05, 3.63) is 23.6 Å². The van der Waals surface area contributed by atoms with E-state index in [0.717, 1.165) is 25.9 Å². The molecule has 5 heteroatoms. The van der Waals surface area contributed by atoms with Crippen LogP contribution in [-0.2, 0) is 10.6 Å². The Kier molecular flexibility index (Phi) is 4.18. The Bertz CT molecular complexity index is 381. The molecular weight excluding hydrogens is 243 g/mol. The van der Waals surface area contributed by atoms with Gasteiger partial charge in [-0.15, -0.1) is 11.6 Å². The van der Waals surface area contributed by atoms with Crippen LogP contribution in [-0.4, -0.2) is 31.3 Å². The Balaban J connectivity index is 2.13. The molecule has 0 aliphatic carbocycles. The maximum absolute atomic E-state index is 14.0. The molecule has 0 spiro atoms. The zero-order valence-corrected chi connectivity index (χ0v) is 10.6. The average Bonchev–Trinajstić information content (AvgIpc) is 2.39. The SMILES string of the molecule is COC1CCN(c2nccc(CCl)c2F)CC1. The molecule has 1 fully saturated rings. The summed E-state index contributed by atoms with van der Waals surface area (Å²) in [4.78, 5) is 6.07. The largest absolute Gasteiger partial charge is 0.381 e. The van der Waals surface area contributed by atoms with Crippen molar-refractivity contribution in [1.29, 1.82) is 0 Å². The van der Waals surface area contributed by atoms with Gasteiger partial charge in [0, 0.05) is 32.0 Å². The maximum Gasteiger partial charge on any atom is 0.170 e. The molecule has 0 amide bonds. The molecule has 3 nitrogen and oxygen atoms in total. The smallest absolute Gasteiger partial charge is 0.170 e. The van der Waals surface area contributed by atoms with Crippen molar-refractivity contribution >= 4 is 17.4 Å². The van der Waals surface area contributed by atoms with Crippen LogP contribution in [0.25, 0.3) is 0 Å². The third-order valence-corrected chi connectivity index (χ3v) is 3.46. The molecule has 0 radical (unpaired) electrons. The number of alkyl halides is 1. The number of methoxy groups -OCH3 is 1. The second kappa shape index (κ2) is 5.65. The van der Waals surface area contributed by atoms with Crippen LogP contribution < -0.4 is 4.90 Å². The molecule has 1 aliphatic heterocycles. The van der Waals surface area contributed by atoms with Gasteiger partial charge >= 0.3 is 0 Å². The van der Waals surface area contributed by atoms with Gasteiger partial charge in [0.1, 0.15) is 0 Å². The third-order valence-electron chi connectivity index (χ3n) is 3.17. The highest BCUT2D eigenvalue weighted by Crippen LogP contribution is 2.24. The van der Waals surface area contributed by atoms with Gasteiger partial charge in [-0.1, -0.05) is 0 Å². The summed E-state index contributed by atoms with van der Waals surface area (Å²) in [5.74, 6) is 0.298. The van der Waals surface area contributed by atoms with E-state index in [1.165, 1.54) is 0 Å². The van der Waals surface area contributed by atoms with E-state index in [1.54, 1.807) is 19.4 Å². The lowest BCUT2D eigenvalue weighted by Gasteiger charge is -2.32. The van der Waals surface area contributed by atoms with Gasteiger partial charge in [-0.3, -0.25) is 0 Å². The van der Waals surface area contributed by atoms with Gasteiger partial charge in [0.2, 0.25) is 0 Å². The summed E-state index contributed by atoms with van der Waals surface area (Å²) in [5.41, 5.74) is 0.505. The molecule has 1 aromatic rings. The highest BCUT2D eigenvalue weighted by atomic mass is 35.5. The molecule has 0 bridgehead atoms. The van der Waals surface area contributed by atoms with E-state index in [1.807, 2.05) is 4.90 Å². The van der Waals surface area contributed by atoms with Crippen LogP contribution in [0.1, 0.15) is 18.4 Å². The first-order chi connectivity index (χ1) is 8.26. The Morgan fingerprint density at radius 2 is 2.24 bits per heavy atom. The number of nitrogens with zero attached hydrogens (tertiary/aromatic N) is 2. The van der Waals surface area contributed by atoms with Crippen molar-refractivity contribution in [2.75, 3.05) is 25.1 Å². The number of aromatic nitrogens is 1. The summed E-state index contributed by atoms with van der Waals surface area (Å²) in [6, 6.07) is 1.62. The van der Waals surface area contributed by atoms with Crippen molar-refractivity contribution in [3.8, 4) is 0 Å². The lowest BCUT2D eigenvalue weighted by Crippen LogP contribution is -2.37. The van der Waals surface area contributed by atoms with E-state index in [0.29, 0.717) is 11.4 Å². The van der Waals surface area contributed by atoms with Crippen molar-refractivity contribution in [2.45, 2.75) is 24.8 Å². The first kappa shape index (κ1) is 12.6. The highest BCUT2D eigenvalue weighted by molar-refractivity contribution is 6.17. The van der Waals surface area contributed by atoms with E-state index in [9.17, 15) is 4.39 Å². The Hall–Kier alpha value is -0.870. The Morgan fingerprint density at radius 3 is 2.82 bits per heavy atom. The zero-order chi connectivity index (χ0) is 12.3. The summed E-state index contributed by atoms with van der Waals surface area (Å²) >= 11 is 5.68. The van der Waals surface area contributed by atoms with Crippen LogP contribution in [0.15, 0.2) is 12.3 Å². The predicted molar refractivity (Wildman–Crippen MR) is 66.0 cm³/mol. The molecule has 2 heterocycles. The molecule has 17 heavy (non-hydrogen) atoms. The molecule has 1 aliphatic rings. The maximum atomic E-state index is 14.0. The molecule has 1 aromatic heterocycles. The molecule has 2 rings (SSSR count). The fourth-order valence-corrected chi connectivity index (χ4v) is 2.30. The summed E-state index contributed by atoms with van der Waals surface area (Å²) in [6.07, 6.45) is 3.70. The fraction of sp³-hybridized carbons (Fsp3) is 0.583. The highest BCUT2D eigenvalue weighted by Gasteiger charge is 2.22. The molecule has 0 aromatic carbocycles. The minimum absolute atomic E-state index is 0.176. The second-order valence-corrected chi connectivity index (χ2v) is 4.43. The van der Waals surface area contributed by atoms with Crippen LogP contribution in [0.5, 0.6) is 0 Å². The predicted octanol–water partition coefficient (Wildman–Crippen LogP) is 2.57. The van der Waals surface area contributed by atoms with E-state index < -0.39 is 0 Å². The molecule has 0 N–H and O–H groups in total. The summed E-state index contributed by atoms with van der Waals surface area (Å²) in [6.45, 7) is 1.54. The number of piperidine rings is 1. The van der Waals surface area contributed by atoms with Crippen LogP contribution >= 0.6 is 11.6 Å². The number of hydrogen-bond acceptors (Lipinski definition) is 3. The molecular formula is C12H16ClFN2O. The van der Waals surface area contributed by atoms with Crippen molar-refractivity contribution in [3.63, 3.8) is 0 Å². The standard InChI is InChI=1S/C12H16ClFN2O/c1-17-10-3-6-16(7-4-10)12-11(14)9(8-13)2-5-15-12/h2,5,10H,3-4,6-8H2,1H3. The summed E-state index contributed by atoms with van der Waals surface area (Å²) < 4.78 is 19.3. The summed E-state index contributed by atoms with van der Waals surface area (Å²) in [7, 11) is 1.72. The summed E-state index contributed by atoms with van der Waals surface area (Å²) in [5, 5.41) is 0. The molecule has 0 unspecified atom stereocenters. The molecule has 94 valence electrons. The van der Waals surface area contributed by atoms with Crippen LogP contribution in [0.4, 0.5) is 10.2 Å². The monoisotopic (exact) mass is 258 g/mol. The van der Waals surface area contributed by atoms with Gasteiger partial charge in [0.05, 0.1) is 12.0 Å².